The molecule has 6 N–H and O–H groups in total. The highest BCUT2D eigenvalue weighted by molar-refractivity contribution is 7.94. The maximum Gasteiger partial charge on any atom is 0.294 e. The van der Waals surface area contributed by atoms with Gasteiger partial charge in [0.1, 0.15) is 5.75 Å². The van der Waals surface area contributed by atoms with E-state index in [2.05, 4.69) is 19.4 Å². The Morgan fingerprint density at radius 3 is 1.91 bits per heavy atom. The number of hydrogen-bond acceptors (Lipinski definition) is 12. The first kappa shape index (κ1) is 33.1. The third-order valence-corrected chi connectivity index (χ3v) is 10.1. The molecule has 0 saturated heterocycles. The van der Waals surface area contributed by atoms with Crippen molar-refractivity contribution in [2.24, 2.45) is 0 Å². The number of anilines is 2. The van der Waals surface area contributed by atoms with Gasteiger partial charge in [0.25, 0.3) is 36.2 Å². The quantitative estimate of drug-likeness (QED) is 0.0500. The molecule has 0 aliphatic heterocycles. The largest absolute Gasteiger partial charge is 0.507 e. The van der Waals surface area contributed by atoms with Crippen molar-refractivity contribution >= 4 is 81.1 Å². The molecule has 0 atom stereocenters. The molecule has 0 fully saturated rings. The predicted octanol–water partition coefficient (Wildman–Crippen LogP) is 4.67. The van der Waals surface area contributed by atoms with E-state index >= 15 is 0 Å². The van der Waals surface area contributed by atoms with Gasteiger partial charge in [0.2, 0.25) is 0 Å². The summed E-state index contributed by atoms with van der Waals surface area (Å²) in [4.78, 5) is 12.1. The first-order valence-corrected chi connectivity index (χ1v) is 17.5. The SMILES string of the molecule is O=C(Nc1cc(S(=O)(=O)O)cc2cc(S(=O)(=O)O)cc(O)c12)c1ccc(NS(=O)(=O)c2ccc3cc(SOOO)ccc3c2)cc1. The van der Waals surface area contributed by atoms with Crippen molar-refractivity contribution in [3.8, 4) is 5.75 Å². The third kappa shape index (κ3) is 7.22. The number of sulfonamides is 1. The Morgan fingerprint density at radius 1 is 0.696 bits per heavy atom. The first-order chi connectivity index (χ1) is 21.5. The fourth-order valence-electron chi connectivity index (χ4n) is 4.41. The summed E-state index contributed by atoms with van der Waals surface area (Å²) in [6.07, 6.45) is 0. The number of benzene rings is 5. The summed E-state index contributed by atoms with van der Waals surface area (Å²) in [5.41, 5.74) is -0.258. The monoisotopic (exact) mass is 708 g/mol. The van der Waals surface area contributed by atoms with E-state index in [-0.39, 0.29) is 32.6 Å². The zero-order chi connectivity index (χ0) is 33.4. The average molecular weight is 709 g/mol. The summed E-state index contributed by atoms with van der Waals surface area (Å²) >= 11 is 0.749. The van der Waals surface area contributed by atoms with Crippen LogP contribution in [0, 0.1) is 0 Å². The highest BCUT2D eigenvalue weighted by Gasteiger charge is 2.21. The van der Waals surface area contributed by atoms with Crippen LogP contribution in [0.5, 0.6) is 5.75 Å². The molecule has 0 aliphatic rings. The van der Waals surface area contributed by atoms with Crippen LogP contribution in [0.25, 0.3) is 21.5 Å². The predicted molar refractivity (Wildman–Crippen MR) is 165 cm³/mol. The molecule has 0 bridgehead atoms. The molecule has 0 unspecified atom stereocenters. The van der Waals surface area contributed by atoms with Crippen molar-refractivity contribution in [1.82, 2.24) is 0 Å². The normalized spacial score (nSPS) is 12.3. The summed E-state index contributed by atoms with van der Waals surface area (Å²) < 4.78 is 98.8. The zero-order valence-corrected chi connectivity index (χ0v) is 25.9. The van der Waals surface area contributed by atoms with Crippen LogP contribution in [0.3, 0.4) is 0 Å². The van der Waals surface area contributed by atoms with Gasteiger partial charge in [-0.1, -0.05) is 17.2 Å². The molecule has 240 valence electrons. The molecule has 15 nitrogen and oxygen atoms in total. The maximum absolute atomic E-state index is 13.1. The van der Waals surface area contributed by atoms with E-state index in [4.69, 9.17) is 5.26 Å². The molecule has 0 aromatic heterocycles. The number of aromatic hydroxyl groups is 1. The molecule has 0 aliphatic carbocycles. The van der Waals surface area contributed by atoms with Gasteiger partial charge in [-0.2, -0.15) is 16.8 Å². The van der Waals surface area contributed by atoms with E-state index in [1.165, 1.54) is 36.4 Å². The number of phenols is 1. The standard InChI is InChI=1S/C27H20N2O13S4/c30-25-14-23(46(38,39)40)12-18-11-22(45(35,36)37)13-24(26(18)25)28-27(31)15-1-5-19(6-2-15)29-44(33,34)21-8-4-16-9-20(43-42-41-32)7-3-17(16)10-21/h1-14,29-30,32H,(H,28,31)(H,35,36,37)(H,38,39,40). The minimum atomic E-state index is -4.87. The van der Waals surface area contributed by atoms with Crippen LogP contribution >= 0.6 is 12.0 Å². The van der Waals surface area contributed by atoms with E-state index in [0.717, 1.165) is 30.2 Å². The topological polar surface area (TPSA) is 243 Å². The molecule has 0 spiro atoms. The van der Waals surface area contributed by atoms with Gasteiger partial charge in [-0.15, -0.1) is 4.33 Å². The van der Waals surface area contributed by atoms with Crippen molar-refractivity contribution in [2.45, 2.75) is 19.6 Å². The second-order valence-electron chi connectivity index (χ2n) is 9.50. The fraction of sp³-hybridized carbons (Fsp3) is 0. The number of carbonyl (C=O) groups is 1. The third-order valence-electron chi connectivity index (χ3n) is 6.47. The molecular formula is C27H20N2O13S4. The van der Waals surface area contributed by atoms with Crippen molar-refractivity contribution in [2.75, 3.05) is 10.0 Å². The Morgan fingerprint density at radius 2 is 1.28 bits per heavy atom. The summed E-state index contributed by atoms with van der Waals surface area (Å²) in [6, 6.07) is 17.7. The van der Waals surface area contributed by atoms with Crippen molar-refractivity contribution in [3.63, 3.8) is 0 Å². The number of rotatable bonds is 10. The summed E-state index contributed by atoms with van der Waals surface area (Å²) in [7, 11) is -13.8. The highest BCUT2D eigenvalue weighted by atomic mass is 32.2. The fourth-order valence-corrected chi connectivity index (χ4v) is 6.99. The van der Waals surface area contributed by atoms with Crippen LogP contribution in [0.4, 0.5) is 11.4 Å². The Kier molecular flexibility index (Phi) is 8.96. The van der Waals surface area contributed by atoms with Gasteiger partial charge in [-0.05, 0) is 82.9 Å². The van der Waals surface area contributed by atoms with Crippen molar-refractivity contribution < 1.29 is 58.9 Å². The van der Waals surface area contributed by atoms with Crippen LogP contribution in [0.2, 0.25) is 0 Å². The van der Waals surface area contributed by atoms with Crippen LogP contribution in [-0.2, 0) is 39.6 Å². The Hall–Kier alpha value is -4.31. The molecule has 19 heteroatoms. The van der Waals surface area contributed by atoms with E-state index in [1.54, 1.807) is 24.3 Å². The zero-order valence-electron chi connectivity index (χ0n) is 22.7. The maximum atomic E-state index is 13.1. The summed E-state index contributed by atoms with van der Waals surface area (Å²) in [5.74, 6) is -1.57. The summed E-state index contributed by atoms with van der Waals surface area (Å²) in [5, 5.41) is 25.6. The number of nitrogens with one attached hydrogen (secondary N) is 2. The highest BCUT2D eigenvalue weighted by Crippen LogP contribution is 2.37. The van der Waals surface area contributed by atoms with Gasteiger partial charge in [0.05, 0.1) is 32.4 Å². The van der Waals surface area contributed by atoms with Gasteiger partial charge >= 0.3 is 0 Å². The van der Waals surface area contributed by atoms with E-state index in [0.29, 0.717) is 21.7 Å². The molecule has 46 heavy (non-hydrogen) atoms. The van der Waals surface area contributed by atoms with E-state index in [9.17, 15) is 44.3 Å². The van der Waals surface area contributed by atoms with E-state index < -0.39 is 51.7 Å². The van der Waals surface area contributed by atoms with Crippen molar-refractivity contribution in [1.29, 1.82) is 0 Å². The number of phenolic OH excluding ortho intramolecular Hbond substituents is 1. The lowest BCUT2D eigenvalue weighted by molar-refractivity contribution is -0.432. The second kappa shape index (κ2) is 12.5. The molecule has 0 radical (unpaired) electrons. The summed E-state index contributed by atoms with van der Waals surface area (Å²) in [6.45, 7) is 0. The molecule has 5 aromatic rings. The van der Waals surface area contributed by atoms with E-state index in [1.807, 2.05) is 0 Å². The van der Waals surface area contributed by atoms with Crippen molar-refractivity contribution in [3.05, 3.63) is 90.5 Å². The molecular weight excluding hydrogens is 689 g/mol. The molecule has 0 heterocycles. The van der Waals surface area contributed by atoms with Gasteiger partial charge in [0.15, 0.2) is 0 Å². The second-order valence-corrected chi connectivity index (χ2v) is 14.8. The molecule has 5 rings (SSSR count). The lowest BCUT2D eigenvalue weighted by Crippen LogP contribution is -2.15. The number of carbonyl (C=O) groups excluding carboxylic acids is 1. The first-order valence-electron chi connectivity index (χ1n) is 12.4. The van der Waals surface area contributed by atoms with Gasteiger partial charge < -0.3 is 10.4 Å². The smallest absolute Gasteiger partial charge is 0.294 e. The molecule has 1 amide bonds. The number of fused-ring (bicyclic) bond motifs is 2. The molecule has 5 aromatic carbocycles. The Bertz CT molecular complexity index is 2340. The Labute approximate surface area is 265 Å². The van der Waals surface area contributed by atoms with Gasteiger partial charge in [-0.25, -0.2) is 13.7 Å². The van der Waals surface area contributed by atoms with Crippen LogP contribution < -0.4 is 10.0 Å². The average Bonchev–Trinajstić information content (AvgIpc) is 2.98. The van der Waals surface area contributed by atoms with Gasteiger partial charge in [0, 0.05) is 27.6 Å². The van der Waals surface area contributed by atoms with Gasteiger partial charge in [-0.3, -0.25) is 18.6 Å². The van der Waals surface area contributed by atoms with Crippen LogP contribution in [0.15, 0.2) is 105 Å². The minimum absolute atomic E-state index is 0.0302. The Balaban J connectivity index is 1.39. The molecule has 0 saturated carbocycles. The lowest BCUT2D eigenvalue weighted by Gasteiger charge is -2.14. The number of hydrogen-bond donors (Lipinski definition) is 6. The van der Waals surface area contributed by atoms with Crippen LogP contribution in [0.1, 0.15) is 10.4 Å². The minimum Gasteiger partial charge on any atom is -0.507 e. The number of amides is 1. The van der Waals surface area contributed by atoms with Crippen LogP contribution in [-0.4, -0.2) is 50.6 Å². The lowest BCUT2D eigenvalue weighted by atomic mass is 10.1.